The van der Waals surface area contributed by atoms with E-state index in [0.29, 0.717) is 16.7 Å². The molecule has 0 spiro atoms. The lowest BCUT2D eigenvalue weighted by atomic mass is 10.00. The van der Waals surface area contributed by atoms with Crippen LogP contribution in [0.15, 0.2) is 128 Å². The van der Waals surface area contributed by atoms with Gasteiger partial charge in [-0.3, -0.25) is 9.59 Å². The summed E-state index contributed by atoms with van der Waals surface area (Å²) in [5.41, 5.74) is 5.89. The van der Waals surface area contributed by atoms with Crippen molar-refractivity contribution in [3.8, 4) is 0 Å². The zero-order valence-electron chi connectivity index (χ0n) is 24.5. The van der Waals surface area contributed by atoms with Crippen molar-refractivity contribution in [2.24, 2.45) is 0 Å². The molecule has 0 saturated carbocycles. The second kappa shape index (κ2) is 15.0. The van der Waals surface area contributed by atoms with E-state index in [1.165, 1.54) is 0 Å². The van der Waals surface area contributed by atoms with Crippen molar-refractivity contribution in [2.75, 3.05) is 56.0 Å². The first-order valence-electron chi connectivity index (χ1n) is 13.5. The molecule has 0 amide bonds. The van der Waals surface area contributed by atoms with E-state index in [9.17, 15) is 9.59 Å². The molecule has 0 fully saturated rings. The number of anilines is 3. The Bertz CT molecular complexity index is 1430. The molecule has 210 valence electrons. The Labute approximate surface area is 244 Å². The molecule has 5 nitrogen and oxygen atoms in total. The number of carbonyl (C=O) groups excluding carboxylic acids is 2. The van der Waals surface area contributed by atoms with Crippen molar-refractivity contribution in [1.82, 2.24) is 0 Å². The van der Waals surface area contributed by atoms with Gasteiger partial charge in [0, 0.05) is 69.2 Å². The van der Waals surface area contributed by atoms with Gasteiger partial charge in [-0.05, 0) is 36.4 Å². The van der Waals surface area contributed by atoms with Gasteiger partial charge in [-0.25, -0.2) is 0 Å². The zero-order chi connectivity index (χ0) is 29.8. The van der Waals surface area contributed by atoms with Gasteiger partial charge in [0.1, 0.15) is 0 Å². The highest BCUT2D eigenvalue weighted by molar-refractivity contribution is 6.14. The van der Waals surface area contributed by atoms with Gasteiger partial charge in [-0.1, -0.05) is 78.9 Å². The largest absolute Gasteiger partial charge is 0.376 e. The monoisotopic (exact) mass is 545 g/mol. The number of carbonyl (C=O) groups is 2. The highest BCUT2D eigenvalue weighted by Crippen LogP contribution is 2.32. The van der Waals surface area contributed by atoms with Crippen molar-refractivity contribution in [3.63, 3.8) is 0 Å². The first-order valence-corrected chi connectivity index (χ1v) is 13.5. The van der Waals surface area contributed by atoms with E-state index >= 15 is 0 Å². The Hall–Kier alpha value is -4.90. The second-order valence-corrected chi connectivity index (χ2v) is 9.88. The molecule has 41 heavy (non-hydrogen) atoms. The van der Waals surface area contributed by atoms with Gasteiger partial charge in [0.05, 0.1) is 11.4 Å². The molecule has 0 aliphatic carbocycles. The summed E-state index contributed by atoms with van der Waals surface area (Å²) in [5.74, 6) is 0.0964. The topological polar surface area (TPSA) is 43.9 Å². The summed E-state index contributed by atoms with van der Waals surface area (Å²) in [6.07, 6.45) is 3.71. The van der Waals surface area contributed by atoms with Crippen molar-refractivity contribution in [2.45, 2.75) is 0 Å². The molecule has 0 aliphatic heterocycles. The Kier molecular flexibility index (Phi) is 11.2. The average molecular weight is 546 g/mol. The molecule has 0 unspecified atom stereocenters. The van der Waals surface area contributed by atoms with E-state index in [1.54, 1.807) is 0 Å². The fraction of sp³-hybridized carbons (Fsp3) is 0.167. The smallest absolute Gasteiger partial charge is 0.195 e. The van der Waals surface area contributed by atoms with Gasteiger partial charge in [0.2, 0.25) is 0 Å². The van der Waals surface area contributed by atoms with Crippen molar-refractivity contribution in [1.29, 1.82) is 0 Å². The molecule has 4 aromatic carbocycles. The normalized spacial score (nSPS) is 10.0. The van der Waals surface area contributed by atoms with Crippen LogP contribution in [0.1, 0.15) is 31.8 Å². The molecule has 0 radical (unpaired) electrons. The maximum absolute atomic E-state index is 12.7. The Morgan fingerprint density at radius 2 is 1.07 bits per heavy atom. The fourth-order valence-corrected chi connectivity index (χ4v) is 4.47. The lowest BCUT2D eigenvalue weighted by molar-refractivity contribution is 0.103. The molecule has 5 heteroatoms. The maximum Gasteiger partial charge on any atom is 0.195 e. The standard InChI is InChI=1S/C19H19NO.C17H20N2O/c1-3-14-20(15-4-2)18-12-10-17(11-13-18)19(21)16-8-6-5-7-9-16;1-18(2)15-12-8-11-14(16(15)19(3)4)17(20)13-9-6-5-7-10-13/h3-13H,1-2,14-15H2;5-12H,1-4H3. The number of para-hydroxylation sites is 1. The molecule has 0 aromatic heterocycles. The van der Waals surface area contributed by atoms with Gasteiger partial charge in [0.15, 0.2) is 11.6 Å². The van der Waals surface area contributed by atoms with Crippen LogP contribution >= 0.6 is 0 Å². The Balaban J connectivity index is 0.000000226. The molecule has 0 aliphatic rings. The van der Waals surface area contributed by atoms with Gasteiger partial charge < -0.3 is 14.7 Å². The van der Waals surface area contributed by atoms with Crippen LogP contribution < -0.4 is 14.7 Å². The third-order valence-corrected chi connectivity index (χ3v) is 6.45. The van der Waals surface area contributed by atoms with Gasteiger partial charge in [-0.2, -0.15) is 0 Å². The maximum atomic E-state index is 12.7. The van der Waals surface area contributed by atoms with E-state index in [-0.39, 0.29) is 11.6 Å². The third-order valence-electron chi connectivity index (χ3n) is 6.45. The van der Waals surface area contributed by atoms with Crippen molar-refractivity contribution in [3.05, 3.63) is 151 Å². The molecule has 0 atom stereocenters. The number of nitrogens with zero attached hydrogens (tertiary/aromatic N) is 3. The van der Waals surface area contributed by atoms with Gasteiger partial charge >= 0.3 is 0 Å². The first-order chi connectivity index (χ1) is 19.8. The van der Waals surface area contributed by atoms with Crippen LogP contribution in [-0.2, 0) is 0 Å². The SMILES string of the molecule is C=CCN(CC=C)c1ccc(C(=O)c2ccccc2)cc1.CN(C)c1cccc(C(=O)c2ccccc2)c1N(C)C. The van der Waals surface area contributed by atoms with Crippen LogP contribution in [0, 0.1) is 0 Å². The summed E-state index contributed by atoms with van der Waals surface area (Å²) in [4.78, 5) is 31.2. The minimum atomic E-state index is 0.0427. The minimum Gasteiger partial charge on any atom is -0.376 e. The molecule has 0 saturated heterocycles. The Morgan fingerprint density at radius 1 is 0.585 bits per heavy atom. The molecule has 0 heterocycles. The summed E-state index contributed by atoms with van der Waals surface area (Å²) in [6, 6.07) is 32.2. The van der Waals surface area contributed by atoms with Crippen molar-refractivity contribution >= 4 is 28.6 Å². The molecular weight excluding hydrogens is 506 g/mol. The lowest BCUT2D eigenvalue weighted by Crippen LogP contribution is -2.23. The van der Waals surface area contributed by atoms with Gasteiger partial charge in [0.25, 0.3) is 0 Å². The molecule has 0 N–H and O–H groups in total. The van der Waals surface area contributed by atoms with Crippen LogP contribution in [0.4, 0.5) is 17.1 Å². The summed E-state index contributed by atoms with van der Waals surface area (Å²) < 4.78 is 0. The fourth-order valence-electron chi connectivity index (χ4n) is 4.47. The van der Waals surface area contributed by atoms with E-state index in [4.69, 9.17) is 0 Å². The predicted octanol–water partition coefficient (Wildman–Crippen LogP) is 7.15. The summed E-state index contributed by atoms with van der Waals surface area (Å²) in [7, 11) is 7.90. The molecular formula is C36H39N3O2. The molecule has 4 aromatic rings. The van der Waals surface area contributed by atoms with E-state index in [0.717, 1.165) is 35.7 Å². The van der Waals surface area contributed by atoms with Crippen LogP contribution in [0.5, 0.6) is 0 Å². The van der Waals surface area contributed by atoms with Gasteiger partial charge in [-0.15, -0.1) is 13.2 Å². The number of hydrogen-bond donors (Lipinski definition) is 0. The van der Waals surface area contributed by atoms with E-state index < -0.39 is 0 Å². The molecule has 0 bridgehead atoms. The molecule has 4 rings (SSSR count). The summed E-state index contributed by atoms with van der Waals surface area (Å²) >= 11 is 0. The van der Waals surface area contributed by atoms with Crippen LogP contribution in [0.25, 0.3) is 0 Å². The number of ketones is 2. The quantitative estimate of drug-likeness (QED) is 0.148. The number of rotatable bonds is 11. The predicted molar refractivity (Wildman–Crippen MR) is 174 cm³/mol. The van der Waals surface area contributed by atoms with Crippen molar-refractivity contribution < 1.29 is 9.59 Å². The Morgan fingerprint density at radius 3 is 1.54 bits per heavy atom. The van der Waals surface area contributed by atoms with Crippen LogP contribution in [0.3, 0.4) is 0 Å². The van der Waals surface area contributed by atoms with Crippen LogP contribution in [-0.4, -0.2) is 52.8 Å². The third kappa shape index (κ3) is 8.05. The van der Waals surface area contributed by atoms with E-state index in [2.05, 4.69) is 18.1 Å². The zero-order valence-corrected chi connectivity index (χ0v) is 24.5. The summed E-state index contributed by atoms with van der Waals surface area (Å²) in [5, 5.41) is 0. The number of hydrogen-bond acceptors (Lipinski definition) is 5. The average Bonchev–Trinajstić information content (AvgIpc) is 3.01. The van der Waals surface area contributed by atoms with E-state index in [1.807, 2.05) is 153 Å². The summed E-state index contributed by atoms with van der Waals surface area (Å²) in [6.45, 7) is 9.02. The van der Waals surface area contributed by atoms with Crippen LogP contribution in [0.2, 0.25) is 0 Å². The highest BCUT2D eigenvalue weighted by Gasteiger charge is 2.18. The highest BCUT2D eigenvalue weighted by atomic mass is 16.1. The first kappa shape index (κ1) is 30.6. The minimum absolute atomic E-state index is 0.0427. The lowest BCUT2D eigenvalue weighted by Gasteiger charge is -2.25. The second-order valence-electron chi connectivity index (χ2n) is 9.88. The number of benzene rings is 4.